The van der Waals surface area contributed by atoms with Crippen LogP contribution in [0.1, 0.15) is 56.0 Å². The first-order chi connectivity index (χ1) is 14.9. The van der Waals surface area contributed by atoms with Gasteiger partial charge in [-0.15, -0.1) is 5.10 Å². The molecule has 2 atom stereocenters. The van der Waals surface area contributed by atoms with Crippen molar-refractivity contribution in [3.63, 3.8) is 0 Å². The molecule has 0 saturated heterocycles. The van der Waals surface area contributed by atoms with E-state index >= 15 is 0 Å². The number of aromatic nitrogens is 3. The van der Waals surface area contributed by atoms with E-state index in [9.17, 15) is 15.0 Å². The summed E-state index contributed by atoms with van der Waals surface area (Å²) in [5.74, 6) is 0.569. The number of rotatable bonds is 6. The number of benzene rings is 1. The highest BCUT2D eigenvalue weighted by molar-refractivity contribution is 5.93. The van der Waals surface area contributed by atoms with Crippen LogP contribution in [0.2, 0.25) is 0 Å². The Labute approximate surface area is 179 Å². The number of hydrogen-bond acceptors (Lipinski definition) is 6. The van der Waals surface area contributed by atoms with Crippen LogP contribution in [-0.2, 0) is 0 Å². The maximum Gasteiger partial charge on any atom is 0.320 e. The smallest absolute Gasteiger partial charge is 0.320 e. The average molecular weight is 425 g/mol. The lowest BCUT2D eigenvalue weighted by Gasteiger charge is -2.33. The quantitative estimate of drug-likeness (QED) is 0.412. The topological polar surface area (TPSA) is 132 Å². The number of hydrogen-bond donors (Lipinski definition) is 5. The van der Waals surface area contributed by atoms with E-state index in [0.29, 0.717) is 35.3 Å². The molecule has 2 amide bonds. The SMILES string of the molecule is COc1n[nH]c2cc(NC(=O)NC(c3ccccc3)C3(O)CCCC3)nc([C@H](C)O)c12. The number of anilines is 1. The lowest BCUT2D eigenvalue weighted by Crippen LogP contribution is -2.45. The summed E-state index contributed by atoms with van der Waals surface area (Å²) in [5, 5.41) is 34.5. The fourth-order valence-corrected chi connectivity index (χ4v) is 4.29. The largest absolute Gasteiger partial charge is 0.479 e. The second kappa shape index (κ2) is 8.52. The van der Waals surface area contributed by atoms with E-state index in [2.05, 4.69) is 25.8 Å². The predicted octanol–water partition coefficient (Wildman–Crippen LogP) is 3.19. The molecule has 1 unspecified atom stereocenters. The number of carbonyl (C=O) groups excluding carboxylic acids is 1. The van der Waals surface area contributed by atoms with Crippen LogP contribution in [0.15, 0.2) is 36.4 Å². The van der Waals surface area contributed by atoms with Crippen molar-refractivity contribution in [3.8, 4) is 5.88 Å². The zero-order valence-electron chi connectivity index (χ0n) is 17.6. The number of aliphatic hydroxyl groups excluding tert-OH is 1. The van der Waals surface area contributed by atoms with Gasteiger partial charge in [0.2, 0.25) is 5.88 Å². The first kappa shape index (κ1) is 21.1. The summed E-state index contributed by atoms with van der Waals surface area (Å²) in [6.45, 7) is 1.58. The van der Waals surface area contributed by atoms with Crippen LogP contribution in [0.5, 0.6) is 5.88 Å². The molecule has 0 spiro atoms. The maximum absolute atomic E-state index is 12.9. The van der Waals surface area contributed by atoms with Crippen molar-refractivity contribution in [2.24, 2.45) is 0 Å². The minimum Gasteiger partial charge on any atom is -0.479 e. The Bertz CT molecular complexity index is 1060. The van der Waals surface area contributed by atoms with Gasteiger partial charge in [-0.1, -0.05) is 43.2 Å². The van der Waals surface area contributed by atoms with Gasteiger partial charge in [0.15, 0.2) is 0 Å². The lowest BCUT2D eigenvalue weighted by molar-refractivity contribution is 0.0113. The summed E-state index contributed by atoms with van der Waals surface area (Å²) in [5.41, 5.74) is 0.755. The number of aliphatic hydroxyl groups is 2. The molecule has 5 N–H and O–H groups in total. The van der Waals surface area contributed by atoms with Gasteiger partial charge in [-0.25, -0.2) is 9.78 Å². The molecule has 4 rings (SSSR count). The third-order valence-electron chi connectivity index (χ3n) is 5.78. The van der Waals surface area contributed by atoms with Gasteiger partial charge in [0.05, 0.1) is 41.5 Å². The van der Waals surface area contributed by atoms with Gasteiger partial charge in [-0.3, -0.25) is 10.4 Å². The molecule has 164 valence electrons. The van der Waals surface area contributed by atoms with E-state index < -0.39 is 23.8 Å². The zero-order valence-corrected chi connectivity index (χ0v) is 17.6. The Morgan fingerprint density at radius 3 is 2.61 bits per heavy atom. The van der Waals surface area contributed by atoms with Gasteiger partial charge >= 0.3 is 6.03 Å². The monoisotopic (exact) mass is 425 g/mol. The summed E-state index contributed by atoms with van der Waals surface area (Å²) < 4.78 is 5.23. The van der Waals surface area contributed by atoms with E-state index in [-0.39, 0.29) is 5.82 Å². The number of methoxy groups -OCH3 is 1. The van der Waals surface area contributed by atoms with Crippen LogP contribution in [0.4, 0.5) is 10.6 Å². The first-order valence-electron chi connectivity index (χ1n) is 10.4. The molecule has 1 aliphatic carbocycles. The number of urea groups is 1. The van der Waals surface area contributed by atoms with Gasteiger partial charge in [0, 0.05) is 6.07 Å². The van der Waals surface area contributed by atoms with Crippen molar-refractivity contribution in [2.75, 3.05) is 12.4 Å². The molecule has 1 aliphatic rings. The number of carbonyl (C=O) groups is 1. The molecular weight excluding hydrogens is 398 g/mol. The predicted molar refractivity (Wildman–Crippen MR) is 116 cm³/mol. The zero-order chi connectivity index (χ0) is 22.0. The number of fused-ring (bicyclic) bond motifs is 1. The van der Waals surface area contributed by atoms with Crippen molar-refractivity contribution in [3.05, 3.63) is 47.7 Å². The van der Waals surface area contributed by atoms with Crippen molar-refractivity contribution >= 4 is 22.8 Å². The number of amides is 2. The van der Waals surface area contributed by atoms with E-state index in [0.717, 1.165) is 18.4 Å². The number of nitrogens with zero attached hydrogens (tertiary/aromatic N) is 2. The molecule has 9 nitrogen and oxygen atoms in total. The van der Waals surface area contributed by atoms with E-state index in [1.54, 1.807) is 13.0 Å². The number of pyridine rings is 1. The van der Waals surface area contributed by atoms with Gasteiger partial charge in [0.25, 0.3) is 0 Å². The Kier molecular flexibility index (Phi) is 5.79. The normalized spacial score (nSPS) is 17.3. The first-order valence-corrected chi connectivity index (χ1v) is 10.4. The summed E-state index contributed by atoms with van der Waals surface area (Å²) in [7, 11) is 1.48. The van der Waals surface area contributed by atoms with Crippen molar-refractivity contribution in [2.45, 2.75) is 50.4 Å². The molecule has 0 bridgehead atoms. The van der Waals surface area contributed by atoms with Gasteiger partial charge in [0.1, 0.15) is 5.82 Å². The van der Waals surface area contributed by atoms with Gasteiger partial charge in [-0.05, 0) is 25.3 Å². The van der Waals surface area contributed by atoms with Crippen LogP contribution in [0.25, 0.3) is 10.9 Å². The van der Waals surface area contributed by atoms with Crippen molar-refractivity contribution in [1.29, 1.82) is 0 Å². The molecule has 1 fully saturated rings. The van der Waals surface area contributed by atoms with Crippen molar-refractivity contribution < 1.29 is 19.7 Å². The summed E-state index contributed by atoms with van der Waals surface area (Å²) in [4.78, 5) is 17.3. The highest BCUT2D eigenvalue weighted by atomic mass is 16.5. The summed E-state index contributed by atoms with van der Waals surface area (Å²) in [6.07, 6.45) is 2.19. The Hall–Kier alpha value is -3.17. The standard InChI is InChI=1S/C22H27N5O4/c1-13(28)18-17-15(26-27-20(17)31-2)12-16(23-18)24-21(29)25-19(14-8-4-3-5-9-14)22(30)10-6-7-11-22/h3-5,8-9,12-13,19,28,30H,6-7,10-11H2,1-2H3,(H,26,27)(H2,23,24,25,29)/t13-,19?/m0/s1. The third-order valence-corrected chi connectivity index (χ3v) is 5.78. The van der Waals surface area contributed by atoms with Crippen LogP contribution in [0.3, 0.4) is 0 Å². The second-order valence-electron chi connectivity index (χ2n) is 7.98. The van der Waals surface area contributed by atoms with E-state index in [4.69, 9.17) is 4.74 Å². The van der Waals surface area contributed by atoms with E-state index in [1.165, 1.54) is 7.11 Å². The molecule has 2 heterocycles. The minimum absolute atomic E-state index is 0.248. The average Bonchev–Trinajstić information content (AvgIpc) is 3.38. The molecule has 0 aliphatic heterocycles. The molecule has 2 aromatic heterocycles. The molecule has 3 aromatic rings. The van der Waals surface area contributed by atoms with Gasteiger partial charge in [-0.2, -0.15) is 0 Å². The molecule has 9 heteroatoms. The summed E-state index contributed by atoms with van der Waals surface area (Å²) >= 11 is 0. The Morgan fingerprint density at radius 1 is 1.26 bits per heavy atom. The molecule has 1 saturated carbocycles. The highest BCUT2D eigenvalue weighted by Crippen LogP contribution is 2.40. The second-order valence-corrected chi connectivity index (χ2v) is 7.98. The number of nitrogens with one attached hydrogen (secondary N) is 3. The van der Waals surface area contributed by atoms with Gasteiger partial charge < -0.3 is 20.3 Å². The van der Waals surface area contributed by atoms with E-state index in [1.807, 2.05) is 30.3 Å². The number of aromatic amines is 1. The van der Waals surface area contributed by atoms with Crippen LogP contribution < -0.4 is 15.4 Å². The van der Waals surface area contributed by atoms with Crippen LogP contribution in [-0.4, -0.2) is 44.1 Å². The van der Waals surface area contributed by atoms with Crippen LogP contribution in [0, 0.1) is 0 Å². The molecule has 31 heavy (non-hydrogen) atoms. The number of ether oxygens (including phenoxy) is 1. The minimum atomic E-state index is -1.00. The molecule has 0 radical (unpaired) electrons. The Morgan fingerprint density at radius 2 is 1.97 bits per heavy atom. The maximum atomic E-state index is 12.9. The molecule has 1 aromatic carbocycles. The molecular formula is C22H27N5O4. The van der Waals surface area contributed by atoms with Crippen LogP contribution >= 0.6 is 0 Å². The fourth-order valence-electron chi connectivity index (χ4n) is 4.29. The summed E-state index contributed by atoms with van der Waals surface area (Å²) in [6, 6.07) is 10.0. The number of H-pyrrole nitrogens is 1. The highest BCUT2D eigenvalue weighted by Gasteiger charge is 2.41. The Balaban J connectivity index is 1.60. The fraction of sp³-hybridized carbons (Fsp3) is 0.409. The van der Waals surface area contributed by atoms with Crippen molar-refractivity contribution in [1.82, 2.24) is 20.5 Å². The third kappa shape index (κ3) is 4.19. The lowest BCUT2D eigenvalue weighted by atomic mass is 9.87.